The van der Waals surface area contributed by atoms with Crippen LogP contribution in [0, 0.1) is 12.3 Å². The molecule has 2 heterocycles. The molecule has 2 aromatic rings. The lowest BCUT2D eigenvalue weighted by atomic mass is 9.77. The molecule has 13 heteroatoms. The van der Waals surface area contributed by atoms with Gasteiger partial charge in [-0.1, -0.05) is 24.3 Å². The van der Waals surface area contributed by atoms with E-state index >= 15 is 0 Å². The van der Waals surface area contributed by atoms with E-state index in [1.165, 1.54) is 11.9 Å². The van der Waals surface area contributed by atoms with Crippen molar-refractivity contribution in [1.29, 1.82) is 0 Å². The highest BCUT2D eigenvalue weighted by atomic mass is 19.4. The van der Waals surface area contributed by atoms with Crippen molar-refractivity contribution in [3.05, 3.63) is 70.3 Å². The maximum absolute atomic E-state index is 13.9. The molecule has 2 saturated heterocycles. The first-order valence-electron chi connectivity index (χ1n) is 13.5. The summed E-state index contributed by atoms with van der Waals surface area (Å²) in [6.07, 6.45) is -9.53. The first-order valence-corrected chi connectivity index (χ1v) is 13.5. The van der Waals surface area contributed by atoms with E-state index < -0.39 is 53.6 Å². The van der Waals surface area contributed by atoms with Gasteiger partial charge < -0.3 is 24.9 Å². The van der Waals surface area contributed by atoms with Crippen molar-refractivity contribution in [3.63, 3.8) is 0 Å². The third-order valence-corrected chi connectivity index (χ3v) is 8.32. The highest BCUT2D eigenvalue weighted by Crippen LogP contribution is 2.49. The second-order valence-corrected chi connectivity index (χ2v) is 11.0. The fourth-order valence-electron chi connectivity index (χ4n) is 6.32. The average molecular weight is 602 g/mol. The third kappa shape index (κ3) is 6.07. The molecular formula is C29H33F6N3O4. The van der Waals surface area contributed by atoms with Gasteiger partial charge in [0.2, 0.25) is 5.91 Å². The van der Waals surface area contributed by atoms with Crippen LogP contribution in [0.2, 0.25) is 0 Å². The molecule has 42 heavy (non-hydrogen) atoms. The number of fused-ring (bicyclic) bond motifs is 1. The molecule has 0 spiro atoms. The summed E-state index contributed by atoms with van der Waals surface area (Å²) >= 11 is 0. The van der Waals surface area contributed by atoms with Gasteiger partial charge in [0.15, 0.2) is 0 Å². The number of aryl methyl sites for hydroxylation is 1. The van der Waals surface area contributed by atoms with E-state index in [2.05, 4.69) is 0 Å². The number of halogens is 6. The smallest absolute Gasteiger partial charge is 0.396 e. The SMILES string of the molecule is Cc1ccccc1C1C2CC(CCO)(CCO)C(=O)N2CCN1C(=O)N(C)Cc1cc(C(F)(F)F)cc(C(F)(F)F)c1. The number of benzene rings is 2. The first-order chi connectivity index (χ1) is 19.6. The number of amides is 3. The predicted molar refractivity (Wildman–Crippen MR) is 140 cm³/mol. The average Bonchev–Trinajstić information content (AvgIpc) is 3.18. The standard InChI is InChI=1S/C29H33F6N3O4/c1-18-5-3-4-6-22(18)24-23-16-27(7-11-39,8-12-40)25(41)37(23)9-10-38(24)26(42)36(2)17-19-13-20(28(30,31)32)15-21(14-19)29(33,34)35/h3-6,13-15,23-24,39-40H,7-12,16-17H2,1-2H3. The van der Waals surface area contributed by atoms with Crippen LogP contribution in [0.4, 0.5) is 31.1 Å². The molecule has 2 aliphatic heterocycles. The molecule has 0 saturated carbocycles. The Morgan fingerprint density at radius 3 is 2.07 bits per heavy atom. The van der Waals surface area contributed by atoms with Crippen molar-refractivity contribution in [2.75, 3.05) is 33.4 Å². The topological polar surface area (TPSA) is 84.3 Å². The van der Waals surface area contributed by atoms with Crippen LogP contribution < -0.4 is 0 Å². The van der Waals surface area contributed by atoms with Crippen molar-refractivity contribution in [1.82, 2.24) is 14.7 Å². The maximum Gasteiger partial charge on any atom is 0.416 e. The highest BCUT2D eigenvalue weighted by molar-refractivity contribution is 5.86. The lowest BCUT2D eigenvalue weighted by Gasteiger charge is -2.46. The van der Waals surface area contributed by atoms with E-state index in [4.69, 9.17) is 0 Å². The zero-order valence-corrected chi connectivity index (χ0v) is 23.2. The van der Waals surface area contributed by atoms with Crippen LogP contribution >= 0.6 is 0 Å². The highest BCUT2D eigenvalue weighted by Gasteiger charge is 2.56. The molecule has 7 nitrogen and oxygen atoms in total. The minimum absolute atomic E-state index is 0.0425. The number of rotatable bonds is 7. The van der Waals surface area contributed by atoms with Gasteiger partial charge in [-0.25, -0.2) is 4.79 Å². The summed E-state index contributed by atoms with van der Waals surface area (Å²) in [5.74, 6) is -0.224. The van der Waals surface area contributed by atoms with Crippen molar-refractivity contribution in [2.24, 2.45) is 5.41 Å². The Kier molecular flexibility index (Phi) is 8.85. The molecule has 2 aromatic carbocycles. The largest absolute Gasteiger partial charge is 0.416 e. The van der Waals surface area contributed by atoms with Crippen molar-refractivity contribution in [3.8, 4) is 0 Å². The Bertz CT molecular complexity index is 1280. The monoisotopic (exact) mass is 601 g/mol. The molecule has 230 valence electrons. The molecule has 2 atom stereocenters. The molecule has 3 amide bonds. The Hall–Kier alpha value is -3.32. The lowest BCUT2D eigenvalue weighted by molar-refractivity contribution is -0.143. The van der Waals surface area contributed by atoms with E-state index in [-0.39, 0.29) is 63.1 Å². The minimum atomic E-state index is -5.02. The van der Waals surface area contributed by atoms with Crippen LogP contribution in [0.25, 0.3) is 0 Å². The van der Waals surface area contributed by atoms with Gasteiger partial charge in [0.05, 0.1) is 28.6 Å². The van der Waals surface area contributed by atoms with Gasteiger partial charge in [0, 0.05) is 39.9 Å². The number of urea groups is 1. The van der Waals surface area contributed by atoms with E-state index in [9.17, 15) is 46.1 Å². The first kappa shape index (κ1) is 31.6. The second-order valence-electron chi connectivity index (χ2n) is 11.0. The number of aliphatic hydroxyl groups excluding tert-OH is 2. The molecule has 4 rings (SSSR count). The fraction of sp³-hybridized carbons (Fsp3) is 0.517. The number of hydrogen-bond acceptors (Lipinski definition) is 4. The van der Waals surface area contributed by atoms with Crippen LogP contribution in [-0.2, 0) is 23.7 Å². The Morgan fingerprint density at radius 1 is 0.976 bits per heavy atom. The number of carbonyl (C=O) groups is 2. The number of alkyl halides is 6. The maximum atomic E-state index is 13.9. The Labute approximate surface area is 239 Å². The number of piperazine rings is 1. The molecule has 0 bridgehead atoms. The van der Waals surface area contributed by atoms with Crippen molar-refractivity contribution < 1.29 is 46.1 Å². The van der Waals surface area contributed by atoms with Crippen LogP contribution in [0.1, 0.15) is 53.1 Å². The predicted octanol–water partition coefficient (Wildman–Crippen LogP) is 4.99. The van der Waals surface area contributed by atoms with Crippen molar-refractivity contribution in [2.45, 2.75) is 57.2 Å². The third-order valence-electron chi connectivity index (χ3n) is 8.32. The molecule has 2 aliphatic rings. The number of hydrogen-bond donors (Lipinski definition) is 2. The summed E-state index contributed by atoms with van der Waals surface area (Å²) in [5, 5.41) is 19.5. The molecule has 0 aliphatic carbocycles. The van der Waals surface area contributed by atoms with Gasteiger partial charge in [-0.05, 0) is 61.1 Å². The normalized spacial score (nSPS) is 20.6. The second kappa shape index (κ2) is 11.8. The number of aliphatic hydroxyl groups is 2. The van der Waals surface area contributed by atoms with Crippen LogP contribution in [0.15, 0.2) is 42.5 Å². The van der Waals surface area contributed by atoms with E-state index in [1.807, 2.05) is 25.1 Å². The van der Waals surface area contributed by atoms with E-state index in [0.29, 0.717) is 12.1 Å². The van der Waals surface area contributed by atoms with Crippen LogP contribution in [0.3, 0.4) is 0 Å². The zero-order valence-electron chi connectivity index (χ0n) is 23.2. The lowest BCUT2D eigenvalue weighted by Crippen LogP contribution is -2.57. The molecule has 2 fully saturated rings. The summed E-state index contributed by atoms with van der Waals surface area (Å²) in [7, 11) is 1.30. The van der Waals surface area contributed by atoms with Gasteiger partial charge >= 0.3 is 18.4 Å². The number of carbonyl (C=O) groups excluding carboxylic acids is 2. The van der Waals surface area contributed by atoms with E-state index in [1.54, 1.807) is 11.0 Å². The van der Waals surface area contributed by atoms with E-state index in [0.717, 1.165) is 16.0 Å². The van der Waals surface area contributed by atoms with Crippen molar-refractivity contribution >= 4 is 11.9 Å². The molecule has 0 aromatic heterocycles. The summed E-state index contributed by atoms with van der Waals surface area (Å²) in [5.41, 5.74) is -2.72. The number of nitrogens with zero attached hydrogens (tertiary/aromatic N) is 3. The van der Waals surface area contributed by atoms with Crippen LogP contribution in [-0.4, -0.2) is 76.2 Å². The van der Waals surface area contributed by atoms with Gasteiger partial charge in [-0.15, -0.1) is 0 Å². The molecular weight excluding hydrogens is 568 g/mol. The summed E-state index contributed by atoms with van der Waals surface area (Å²) in [6.45, 7) is 0.983. The summed E-state index contributed by atoms with van der Waals surface area (Å²) < 4.78 is 80.5. The van der Waals surface area contributed by atoms with Gasteiger partial charge in [0.1, 0.15) is 0 Å². The van der Waals surface area contributed by atoms with Gasteiger partial charge in [-0.3, -0.25) is 4.79 Å². The minimum Gasteiger partial charge on any atom is -0.396 e. The molecule has 2 N–H and O–H groups in total. The van der Waals surface area contributed by atoms with Gasteiger partial charge in [0.25, 0.3) is 0 Å². The van der Waals surface area contributed by atoms with Crippen LogP contribution in [0.5, 0.6) is 0 Å². The quantitative estimate of drug-likeness (QED) is 0.438. The van der Waals surface area contributed by atoms with Gasteiger partial charge in [-0.2, -0.15) is 26.3 Å². The zero-order chi connectivity index (χ0) is 31.0. The molecule has 2 unspecified atom stereocenters. The molecule has 0 radical (unpaired) electrons. The summed E-state index contributed by atoms with van der Waals surface area (Å²) in [4.78, 5) is 31.7. The summed E-state index contributed by atoms with van der Waals surface area (Å²) in [6, 6.07) is 6.67. The Balaban J connectivity index is 1.70. The fourth-order valence-corrected chi connectivity index (χ4v) is 6.32. The Morgan fingerprint density at radius 2 is 1.55 bits per heavy atom.